The molecule has 3 rings (SSSR count). The fourth-order valence-electron chi connectivity index (χ4n) is 3.82. The Morgan fingerprint density at radius 1 is 1.33 bits per heavy atom. The highest BCUT2D eigenvalue weighted by Crippen LogP contribution is 2.40. The number of carboxylic acids is 1. The Kier molecular flexibility index (Phi) is 5.61. The third-order valence-corrected chi connectivity index (χ3v) is 5.01. The van der Waals surface area contributed by atoms with Crippen molar-refractivity contribution in [3.05, 3.63) is 23.3 Å². The zero-order chi connectivity index (χ0) is 16.9. The van der Waals surface area contributed by atoms with Gasteiger partial charge >= 0.3 is 5.97 Å². The van der Waals surface area contributed by atoms with Crippen LogP contribution in [0.5, 0.6) is 5.75 Å². The summed E-state index contributed by atoms with van der Waals surface area (Å²) in [7, 11) is 0. The van der Waals surface area contributed by atoms with E-state index in [2.05, 4.69) is 22.3 Å². The molecule has 0 fully saturated rings. The summed E-state index contributed by atoms with van der Waals surface area (Å²) in [6.07, 6.45) is 6.61. The summed E-state index contributed by atoms with van der Waals surface area (Å²) in [5.74, 6) is 0.238. The van der Waals surface area contributed by atoms with Gasteiger partial charge in [-0.05, 0) is 57.1 Å². The van der Waals surface area contributed by atoms with Crippen molar-refractivity contribution >= 4 is 11.7 Å². The van der Waals surface area contributed by atoms with Crippen LogP contribution in [0.2, 0.25) is 0 Å². The van der Waals surface area contributed by atoms with E-state index in [1.165, 1.54) is 49.2 Å². The van der Waals surface area contributed by atoms with E-state index in [4.69, 9.17) is 9.84 Å². The van der Waals surface area contributed by atoms with Gasteiger partial charge in [0.05, 0.1) is 13.2 Å². The van der Waals surface area contributed by atoms with Crippen molar-refractivity contribution in [3.8, 4) is 5.75 Å². The molecule has 132 valence electrons. The molecule has 0 saturated heterocycles. The van der Waals surface area contributed by atoms with E-state index in [9.17, 15) is 4.79 Å². The first kappa shape index (κ1) is 17.1. The lowest BCUT2D eigenvalue weighted by Gasteiger charge is -2.37. The third kappa shape index (κ3) is 4.01. The maximum atomic E-state index is 10.5. The first-order chi connectivity index (χ1) is 11.6. The van der Waals surface area contributed by atoms with Gasteiger partial charge in [0.15, 0.2) is 0 Å². The zero-order valence-corrected chi connectivity index (χ0v) is 14.5. The average molecular weight is 332 g/mol. The lowest BCUT2D eigenvalue weighted by molar-refractivity contribution is -0.136. The number of rotatable bonds is 8. The van der Waals surface area contributed by atoms with Gasteiger partial charge in [0.25, 0.3) is 0 Å². The van der Waals surface area contributed by atoms with Crippen LogP contribution in [-0.4, -0.2) is 43.4 Å². The molecule has 2 N–H and O–H groups in total. The molecule has 0 spiro atoms. The minimum absolute atomic E-state index is 0.0207. The summed E-state index contributed by atoms with van der Waals surface area (Å²) in [6.45, 7) is 5.08. The molecule has 0 aromatic heterocycles. The van der Waals surface area contributed by atoms with Gasteiger partial charge in [0, 0.05) is 30.4 Å². The summed E-state index contributed by atoms with van der Waals surface area (Å²) in [4.78, 5) is 13.1. The Morgan fingerprint density at radius 3 is 2.92 bits per heavy atom. The maximum absolute atomic E-state index is 10.5. The van der Waals surface area contributed by atoms with Crippen molar-refractivity contribution in [1.29, 1.82) is 0 Å². The third-order valence-electron chi connectivity index (χ3n) is 5.01. The first-order valence-electron chi connectivity index (χ1n) is 9.13. The van der Waals surface area contributed by atoms with Gasteiger partial charge in [-0.3, -0.25) is 4.79 Å². The normalized spacial score (nSPS) is 17.3. The molecule has 1 atom stereocenters. The Bertz CT molecular complexity index is 586. The molecule has 24 heavy (non-hydrogen) atoms. The van der Waals surface area contributed by atoms with Crippen LogP contribution < -0.4 is 15.0 Å². The second-order valence-electron chi connectivity index (χ2n) is 6.91. The predicted octanol–water partition coefficient (Wildman–Crippen LogP) is 2.61. The molecule has 2 heterocycles. The van der Waals surface area contributed by atoms with Gasteiger partial charge < -0.3 is 20.1 Å². The standard InChI is InChI=1S/C19H28N2O3/c1-14(20-13-18(22)23)5-4-12-24-17-9-8-15-6-2-10-21-11-3-7-16(17)19(15)21/h8-9,14,20H,2-7,10-13H2,1H3,(H,22,23). The number of ether oxygens (including phenoxy) is 1. The first-order valence-corrected chi connectivity index (χ1v) is 9.13. The second-order valence-corrected chi connectivity index (χ2v) is 6.91. The molecule has 0 saturated carbocycles. The Balaban J connectivity index is 1.53. The maximum Gasteiger partial charge on any atom is 0.317 e. The number of benzene rings is 1. The lowest BCUT2D eigenvalue weighted by Crippen LogP contribution is -2.34. The zero-order valence-electron chi connectivity index (χ0n) is 14.5. The highest BCUT2D eigenvalue weighted by atomic mass is 16.5. The minimum atomic E-state index is -0.809. The fraction of sp³-hybridized carbons (Fsp3) is 0.632. The number of anilines is 1. The number of nitrogens with zero attached hydrogens (tertiary/aromatic N) is 1. The number of carbonyl (C=O) groups is 1. The fourth-order valence-corrected chi connectivity index (χ4v) is 3.82. The topological polar surface area (TPSA) is 61.8 Å². The molecule has 0 radical (unpaired) electrons. The van der Waals surface area contributed by atoms with Crippen LogP contribution in [0.15, 0.2) is 12.1 Å². The number of hydrogen-bond acceptors (Lipinski definition) is 4. The van der Waals surface area contributed by atoms with Gasteiger partial charge in [-0.2, -0.15) is 0 Å². The van der Waals surface area contributed by atoms with E-state index < -0.39 is 5.97 Å². The van der Waals surface area contributed by atoms with Crippen LogP contribution in [-0.2, 0) is 17.6 Å². The van der Waals surface area contributed by atoms with Gasteiger partial charge in [-0.25, -0.2) is 0 Å². The Hall–Kier alpha value is -1.75. The monoisotopic (exact) mass is 332 g/mol. The van der Waals surface area contributed by atoms with Crippen LogP contribution in [0.3, 0.4) is 0 Å². The van der Waals surface area contributed by atoms with Gasteiger partial charge in [-0.1, -0.05) is 6.07 Å². The van der Waals surface area contributed by atoms with E-state index in [1.54, 1.807) is 0 Å². The van der Waals surface area contributed by atoms with E-state index in [-0.39, 0.29) is 12.6 Å². The smallest absolute Gasteiger partial charge is 0.317 e. The van der Waals surface area contributed by atoms with Crippen molar-refractivity contribution in [2.45, 2.75) is 51.5 Å². The second kappa shape index (κ2) is 7.88. The molecule has 5 heteroatoms. The molecule has 0 bridgehead atoms. The Morgan fingerprint density at radius 2 is 2.12 bits per heavy atom. The predicted molar refractivity (Wildman–Crippen MR) is 95.1 cm³/mol. The summed E-state index contributed by atoms with van der Waals surface area (Å²) >= 11 is 0. The van der Waals surface area contributed by atoms with Crippen LogP contribution in [0.25, 0.3) is 0 Å². The largest absolute Gasteiger partial charge is 0.493 e. The molecule has 1 aromatic rings. The summed E-state index contributed by atoms with van der Waals surface area (Å²) in [5.41, 5.74) is 4.33. The number of carboxylic acid groups (broad SMARTS) is 1. The van der Waals surface area contributed by atoms with E-state index in [0.29, 0.717) is 6.61 Å². The molecule has 0 amide bonds. The average Bonchev–Trinajstić information content (AvgIpc) is 2.59. The minimum Gasteiger partial charge on any atom is -0.493 e. The van der Waals surface area contributed by atoms with Crippen molar-refractivity contribution < 1.29 is 14.6 Å². The number of aliphatic carboxylic acids is 1. The number of aryl methyl sites for hydroxylation is 1. The van der Waals surface area contributed by atoms with Crippen molar-refractivity contribution in [3.63, 3.8) is 0 Å². The van der Waals surface area contributed by atoms with Crippen molar-refractivity contribution in [2.75, 3.05) is 31.1 Å². The van der Waals surface area contributed by atoms with E-state index >= 15 is 0 Å². The van der Waals surface area contributed by atoms with Crippen LogP contribution in [0.1, 0.15) is 43.7 Å². The van der Waals surface area contributed by atoms with Gasteiger partial charge in [-0.15, -0.1) is 0 Å². The lowest BCUT2D eigenvalue weighted by atomic mass is 9.91. The van der Waals surface area contributed by atoms with Crippen LogP contribution in [0, 0.1) is 0 Å². The molecule has 1 aromatic carbocycles. The van der Waals surface area contributed by atoms with Crippen LogP contribution in [0.4, 0.5) is 5.69 Å². The van der Waals surface area contributed by atoms with Crippen LogP contribution >= 0.6 is 0 Å². The van der Waals surface area contributed by atoms with Gasteiger partial charge in [0.1, 0.15) is 5.75 Å². The molecular formula is C19H28N2O3. The van der Waals surface area contributed by atoms with E-state index in [1.807, 2.05) is 6.92 Å². The van der Waals surface area contributed by atoms with E-state index in [0.717, 1.165) is 25.0 Å². The molecule has 1 unspecified atom stereocenters. The number of nitrogens with one attached hydrogen (secondary N) is 1. The summed E-state index contributed by atoms with van der Waals surface area (Å²) in [5, 5.41) is 11.7. The summed E-state index contributed by atoms with van der Waals surface area (Å²) in [6, 6.07) is 4.58. The SMILES string of the molecule is CC(CCCOc1ccc2c3c1CCCN3CCC2)NCC(=O)O. The quantitative estimate of drug-likeness (QED) is 0.717. The highest BCUT2D eigenvalue weighted by Gasteiger charge is 2.26. The van der Waals surface area contributed by atoms with Gasteiger partial charge in [0.2, 0.25) is 0 Å². The molecule has 2 aliphatic rings. The molecule has 0 aliphatic carbocycles. The number of hydrogen-bond donors (Lipinski definition) is 2. The molecular weight excluding hydrogens is 304 g/mol. The van der Waals surface area contributed by atoms with Crippen molar-refractivity contribution in [2.24, 2.45) is 0 Å². The summed E-state index contributed by atoms with van der Waals surface area (Å²) < 4.78 is 6.08. The molecule has 5 nitrogen and oxygen atoms in total. The highest BCUT2D eigenvalue weighted by molar-refractivity contribution is 5.69. The Labute approximate surface area is 144 Å². The molecule has 2 aliphatic heterocycles. The van der Waals surface area contributed by atoms with Crippen molar-refractivity contribution in [1.82, 2.24) is 5.32 Å².